The average Bonchev–Trinajstić information content (AvgIpc) is 3.41. The Labute approximate surface area is 216 Å². The fourth-order valence-electron chi connectivity index (χ4n) is 6.69. The summed E-state index contributed by atoms with van der Waals surface area (Å²) in [6.45, 7) is 2.21. The lowest BCUT2D eigenvalue weighted by Gasteiger charge is -2.40. The predicted octanol–water partition coefficient (Wildman–Crippen LogP) is 5.35. The number of carbonyl (C=O) groups is 4. The molecule has 1 aromatic rings. The highest BCUT2D eigenvalue weighted by Crippen LogP contribution is 2.45. The molecule has 7 nitrogen and oxygen atoms in total. The minimum atomic E-state index is -1.02. The average molecular weight is 513 g/mol. The largest absolute Gasteiger partial charge is 0.477 e. The lowest BCUT2D eigenvalue weighted by Crippen LogP contribution is -2.48. The highest BCUT2D eigenvalue weighted by Gasteiger charge is 2.50. The first-order valence-corrected chi connectivity index (χ1v) is 14.3. The molecule has 0 spiro atoms. The Morgan fingerprint density at radius 1 is 1.03 bits per heavy atom. The summed E-state index contributed by atoms with van der Waals surface area (Å²) in [7, 11) is 1.54. The van der Waals surface area contributed by atoms with Crippen LogP contribution in [0.5, 0.6) is 0 Å². The van der Waals surface area contributed by atoms with Crippen LogP contribution in [-0.2, 0) is 14.4 Å². The molecule has 2 heterocycles. The number of anilines is 1. The van der Waals surface area contributed by atoms with Crippen LogP contribution >= 0.6 is 11.3 Å². The number of amides is 3. The molecule has 4 aliphatic rings. The maximum Gasteiger partial charge on any atom is 0.348 e. The van der Waals surface area contributed by atoms with E-state index in [0.29, 0.717) is 30.9 Å². The standard InChI is InChI=1S/C28H36N2O5S/c1-16-8-10-18(11-9-16)25(31)30(19-12-13-20-21(14-19)27(33)29(2)26(20)32)22-15-23(36-24(22)28(34)35)17-6-4-3-5-7-17/h6,15-16,18-21H,3-5,7-14H2,1-2H3,(H,34,35)/t16-,18-,19?,20?,21?. The van der Waals surface area contributed by atoms with Crippen molar-refractivity contribution in [1.82, 2.24) is 4.90 Å². The van der Waals surface area contributed by atoms with Gasteiger partial charge in [0.1, 0.15) is 4.88 Å². The number of rotatable bonds is 5. The maximum absolute atomic E-state index is 14.1. The van der Waals surface area contributed by atoms with E-state index in [2.05, 4.69) is 13.0 Å². The van der Waals surface area contributed by atoms with Gasteiger partial charge in [0.15, 0.2) is 0 Å². The molecule has 3 unspecified atom stereocenters. The first-order valence-electron chi connectivity index (χ1n) is 13.5. The zero-order valence-electron chi connectivity index (χ0n) is 21.2. The number of thiophene rings is 1. The number of allylic oxidation sites excluding steroid dienone is 2. The number of carboxylic acids is 1. The van der Waals surface area contributed by atoms with Crippen molar-refractivity contribution in [3.8, 4) is 0 Å². The van der Waals surface area contributed by atoms with Crippen molar-refractivity contribution in [3.63, 3.8) is 0 Å². The van der Waals surface area contributed by atoms with Gasteiger partial charge in [0, 0.05) is 23.9 Å². The molecule has 1 N–H and O–H groups in total. The van der Waals surface area contributed by atoms with Gasteiger partial charge in [0.05, 0.1) is 17.5 Å². The van der Waals surface area contributed by atoms with Crippen molar-refractivity contribution in [3.05, 3.63) is 21.9 Å². The van der Waals surface area contributed by atoms with E-state index in [4.69, 9.17) is 0 Å². The molecule has 194 valence electrons. The summed E-state index contributed by atoms with van der Waals surface area (Å²) < 4.78 is 0. The van der Waals surface area contributed by atoms with Crippen LogP contribution < -0.4 is 4.90 Å². The molecule has 1 aliphatic heterocycles. The summed E-state index contributed by atoms with van der Waals surface area (Å²) in [6.07, 6.45) is 11.5. The number of fused-ring (bicyclic) bond motifs is 1. The Morgan fingerprint density at radius 2 is 1.75 bits per heavy atom. The topological polar surface area (TPSA) is 95.0 Å². The summed E-state index contributed by atoms with van der Waals surface area (Å²) >= 11 is 1.26. The number of hydrogen-bond acceptors (Lipinski definition) is 5. The van der Waals surface area contributed by atoms with E-state index in [-0.39, 0.29) is 40.5 Å². The molecule has 2 saturated carbocycles. The van der Waals surface area contributed by atoms with Crippen molar-refractivity contribution in [2.24, 2.45) is 23.7 Å². The molecule has 3 aliphatic carbocycles. The highest BCUT2D eigenvalue weighted by molar-refractivity contribution is 7.15. The van der Waals surface area contributed by atoms with Crippen LogP contribution in [-0.4, -0.2) is 46.8 Å². The van der Waals surface area contributed by atoms with Gasteiger partial charge < -0.3 is 10.0 Å². The summed E-state index contributed by atoms with van der Waals surface area (Å²) in [6, 6.07) is 1.62. The van der Waals surface area contributed by atoms with Gasteiger partial charge in [0.2, 0.25) is 17.7 Å². The highest BCUT2D eigenvalue weighted by atomic mass is 32.1. The molecule has 3 fully saturated rings. The number of carbonyl (C=O) groups excluding carboxylic acids is 3. The number of likely N-dealkylation sites (tertiary alicyclic amines) is 1. The predicted molar refractivity (Wildman–Crippen MR) is 139 cm³/mol. The quantitative estimate of drug-likeness (QED) is 0.537. The van der Waals surface area contributed by atoms with Crippen LogP contribution in [0.15, 0.2) is 12.1 Å². The molecule has 5 rings (SSSR count). The molecule has 3 atom stereocenters. The number of aromatic carboxylic acids is 1. The van der Waals surface area contributed by atoms with Crippen LogP contribution in [0.3, 0.4) is 0 Å². The smallest absolute Gasteiger partial charge is 0.348 e. The molecule has 8 heteroatoms. The zero-order valence-corrected chi connectivity index (χ0v) is 22.0. The van der Waals surface area contributed by atoms with E-state index < -0.39 is 11.9 Å². The molecular formula is C28H36N2O5S. The van der Waals surface area contributed by atoms with Crippen molar-refractivity contribution in [1.29, 1.82) is 0 Å². The van der Waals surface area contributed by atoms with Gasteiger partial charge in [-0.2, -0.15) is 0 Å². The van der Waals surface area contributed by atoms with Crippen LogP contribution in [0.1, 0.15) is 92.1 Å². The maximum atomic E-state index is 14.1. The van der Waals surface area contributed by atoms with Crippen LogP contribution in [0.25, 0.3) is 5.57 Å². The van der Waals surface area contributed by atoms with Crippen molar-refractivity contribution in [2.75, 3.05) is 11.9 Å². The van der Waals surface area contributed by atoms with Crippen molar-refractivity contribution < 1.29 is 24.3 Å². The molecular weight excluding hydrogens is 476 g/mol. The van der Waals surface area contributed by atoms with Gasteiger partial charge in [0.25, 0.3) is 0 Å². The van der Waals surface area contributed by atoms with E-state index in [1.807, 2.05) is 6.07 Å². The third kappa shape index (κ3) is 4.53. The summed E-state index contributed by atoms with van der Waals surface area (Å²) in [5.74, 6) is -1.64. The lowest BCUT2D eigenvalue weighted by atomic mass is 9.77. The number of imide groups is 1. The van der Waals surface area contributed by atoms with E-state index >= 15 is 0 Å². The van der Waals surface area contributed by atoms with Gasteiger partial charge in [-0.1, -0.05) is 13.0 Å². The third-order valence-corrected chi connectivity index (χ3v) is 10.0. The zero-order chi connectivity index (χ0) is 25.6. The van der Waals surface area contributed by atoms with Crippen LogP contribution in [0, 0.1) is 23.7 Å². The van der Waals surface area contributed by atoms with Gasteiger partial charge in [-0.05, 0) is 88.2 Å². The van der Waals surface area contributed by atoms with Crippen LogP contribution in [0.4, 0.5) is 5.69 Å². The number of hydrogen-bond donors (Lipinski definition) is 1. The Kier molecular flexibility index (Phi) is 7.07. The van der Waals surface area contributed by atoms with E-state index in [9.17, 15) is 24.3 Å². The Hall–Kier alpha value is -2.48. The van der Waals surface area contributed by atoms with E-state index in [1.165, 1.54) is 28.9 Å². The molecule has 1 aromatic heterocycles. The number of nitrogens with zero attached hydrogens (tertiary/aromatic N) is 2. The monoisotopic (exact) mass is 512 g/mol. The third-order valence-electron chi connectivity index (χ3n) is 8.86. The van der Waals surface area contributed by atoms with Gasteiger partial charge in [-0.15, -0.1) is 11.3 Å². The molecule has 1 saturated heterocycles. The fraction of sp³-hybridized carbons (Fsp3) is 0.643. The van der Waals surface area contributed by atoms with E-state index in [0.717, 1.165) is 56.2 Å². The van der Waals surface area contributed by atoms with Crippen LogP contribution in [0.2, 0.25) is 0 Å². The fourth-order valence-corrected chi connectivity index (χ4v) is 7.75. The van der Waals surface area contributed by atoms with Gasteiger partial charge in [-0.25, -0.2) is 4.79 Å². The summed E-state index contributed by atoms with van der Waals surface area (Å²) in [4.78, 5) is 56.1. The van der Waals surface area contributed by atoms with Crippen molar-refractivity contribution >= 4 is 46.3 Å². The Morgan fingerprint density at radius 3 is 2.42 bits per heavy atom. The SMILES string of the molecule is CN1C(=O)C2CCC(N(c3cc(C4=CCCCC4)sc3C(=O)O)C(=O)[C@H]3CC[C@H](C)CC3)CC2C1=O. The second-order valence-corrected chi connectivity index (χ2v) is 12.2. The second kappa shape index (κ2) is 10.1. The lowest BCUT2D eigenvalue weighted by molar-refractivity contribution is -0.138. The minimum absolute atomic E-state index is 0.0139. The summed E-state index contributed by atoms with van der Waals surface area (Å²) in [5.41, 5.74) is 1.65. The Balaban J connectivity index is 1.53. The van der Waals surface area contributed by atoms with Gasteiger partial charge in [-0.3, -0.25) is 19.3 Å². The molecule has 3 amide bonds. The summed E-state index contributed by atoms with van der Waals surface area (Å²) in [5, 5.41) is 10.2. The molecule has 36 heavy (non-hydrogen) atoms. The van der Waals surface area contributed by atoms with Gasteiger partial charge >= 0.3 is 5.97 Å². The molecule has 0 bridgehead atoms. The minimum Gasteiger partial charge on any atom is -0.477 e. The van der Waals surface area contributed by atoms with E-state index in [1.54, 1.807) is 4.90 Å². The molecule has 0 radical (unpaired) electrons. The molecule has 0 aromatic carbocycles. The first-order chi connectivity index (χ1) is 17.3. The van der Waals surface area contributed by atoms with Crippen molar-refractivity contribution in [2.45, 2.75) is 83.6 Å². The normalized spacial score (nSPS) is 30.7. The first kappa shape index (κ1) is 25.2. The second-order valence-electron chi connectivity index (χ2n) is 11.2. The number of carboxylic acid groups (broad SMARTS) is 1. The Bertz CT molecular complexity index is 1100.